The molecule has 2 N–H and O–H groups in total. The SMILES string of the molecule is O=c1ccccn1CCOc1ccc(F)cc1B(O)O. The van der Waals surface area contributed by atoms with Crippen LogP contribution in [-0.4, -0.2) is 28.3 Å². The molecule has 0 radical (unpaired) electrons. The van der Waals surface area contributed by atoms with Crippen molar-refractivity contribution in [1.82, 2.24) is 4.57 Å². The molecular formula is C13H13BFNO4. The zero-order valence-electron chi connectivity index (χ0n) is 10.6. The van der Waals surface area contributed by atoms with Crippen LogP contribution in [0.5, 0.6) is 5.75 Å². The number of ether oxygens (including phenoxy) is 1. The summed E-state index contributed by atoms with van der Waals surface area (Å²) in [7, 11) is -1.82. The van der Waals surface area contributed by atoms with E-state index in [1.807, 2.05) is 0 Å². The minimum absolute atomic E-state index is 0.0505. The molecule has 1 aromatic carbocycles. The molecule has 2 rings (SSSR count). The highest BCUT2D eigenvalue weighted by Crippen LogP contribution is 2.09. The topological polar surface area (TPSA) is 71.7 Å². The average Bonchev–Trinajstić information content (AvgIpc) is 2.42. The lowest BCUT2D eigenvalue weighted by Crippen LogP contribution is -2.32. The van der Waals surface area contributed by atoms with Crippen LogP contribution in [0.2, 0.25) is 0 Å². The maximum absolute atomic E-state index is 13.0. The van der Waals surface area contributed by atoms with Gasteiger partial charge in [-0.25, -0.2) is 4.39 Å². The second kappa shape index (κ2) is 6.36. The van der Waals surface area contributed by atoms with Gasteiger partial charge in [0.15, 0.2) is 0 Å². The molecule has 0 amide bonds. The molecule has 0 saturated heterocycles. The first-order valence-corrected chi connectivity index (χ1v) is 6.02. The molecule has 0 fully saturated rings. The average molecular weight is 277 g/mol. The number of aromatic nitrogens is 1. The standard InChI is InChI=1S/C13H13BFNO4/c15-10-4-5-12(11(9-10)14(18)19)20-8-7-16-6-2-1-3-13(16)17/h1-6,9,18-19H,7-8H2. The molecule has 0 saturated carbocycles. The lowest BCUT2D eigenvalue weighted by Gasteiger charge is -2.12. The van der Waals surface area contributed by atoms with E-state index >= 15 is 0 Å². The van der Waals surface area contributed by atoms with Gasteiger partial charge >= 0.3 is 7.12 Å². The number of hydrogen-bond acceptors (Lipinski definition) is 4. The maximum atomic E-state index is 13.0. The fourth-order valence-corrected chi connectivity index (χ4v) is 1.75. The molecule has 1 aromatic heterocycles. The Morgan fingerprint density at radius 3 is 2.75 bits per heavy atom. The molecule has 0 spiro atoms. The van der Waals surface area contributed by atoms with Crippen LogP contribution in [0.4, 0.5) is 4.39 Å². The first-order valence-electron chi connectivity index (χ1n) is 6.02. The number of pyridine rings is 1. The van der Waals surface area contributed by atoms with E-state index in [0.717, 1.165) is 12.1 Å². The molecule has 0 atom stereocenters. The quantitative estimate of drug-likeness (QED) is 0.739. The highest BCUT2D eigenvalue weighted by molar-refractivity contribution is 6.59. The van der Waals surface area contributed by atoms with Crippen molar-refractivity contribution < 1.29 is 19.2 Å². The van der Waals surface area contributed by atoms with Crippen molar-refractivity contribution in [3.63, 3.8) is 0 Å². The molecular weight excluding hydrogens is 264 g/mol. The molecule has 5 nitrogen and oxygen atoms in total. The number of hydrogen-bond donors (Lipinski definition) is 2. The van der Waals surface area contributed by atoms with Gasteiger partial charge in [-0.1, -0.05) is 6.07 Å². The fourth-order valence-electron chi connectivity index (χ4n) is 1.75. The number of benzene rings is 1. The molecule has 0 aliphatic heterocycles. The summed E-state index contributed by atoms with van der Waals surface area (Å²) < 4.78 is 19.8. The minimum Gasteiger partial charge on any atom is -0.492 e. The van der Waals surface area contributed by atoms with Crippen molar-refractivity contribution in [3.8, 4) is 5.75 Å². The predicted octanol–water partition coefficient (Wildman–Crippen LogP) is -0.254. The normalized spacial score (nSPS) is 10.3. The summed E-state index contributed by atoms with van der Waals surface area (Å²) in [6.07, 6.45) is 1.62. The summed E-state index contributed by atoms with van der Waals surface area (Å²) in [5.74, 6) is -0.412. The second-order valence-corrected chi connectivity index (χ2v) is 4.14. The highest BCUT2D eigenvalue weighted by Gasteiger charge is 2.18. The molecule has 0 unspecified atom stereocenters. The molecule has 0 bridgehead atoms. The monoisotopic (exact) mass is 277 g/mol. The van der Waals surface area contributed by atoms with Crippen LogP contribution in [0.15, 0.2) is 47.4 Å². The van der Waals surface area contributed by atoms with Gasteiger partial charge in [0.05, 0.1) is 6.54 Å². The summed E-state index contributed by atoms with van der Waals surface area (Å²) in [4.78, 5) is 11.5. The summed E-state index contributed by atoms with van der Waals surface area (Å²) in [5.41, 5.74) is -0.206. The van der Waals surface area contributed by atoms with Crippen LogP contribution in [0.1, 0.15) is 0 Å². The van der Waals surface area contributed by atoms with E-state index in [-0.39, 0.29) is 23.4 Å². The van der Waals surface area contributed by atoms with Crippen LogP contribution in [0.25, 0.3) is 0 Å². The first kappa shape index (κ1) is 14.3. The minimum atomic E-state index is -1.82. The Hall–Kier alpha value is -2.12. The largest absolute Gasteiger partial charge is 0.492 e. The van der Waals surface area contributed by atoms with Gasteiger partial charge in [0, 0.05) is 17.7 Å². The van der Waals surface area contributed by atoms with Crippen molar-refractivity contribution in [2.75, 3.05) is 6.61 Å². The molecule has 1 heterocycles. The van der Waals surface area contributed by atoms with Crippen molar-refractivity contribution in [2.45, 2.75) is 6.54 Å². The lowest BCUT2D eigenvalue weighted by atomic mass is 9.79. The molecule has 2 aromatic rings. The van der Waals surface area contributed by atoms with E-state index in [2.05, 4.69) is 0 Å². The van der Waals surface area contributed by atoms with Gasteiger partial charge in [0.1, 0.15) is 18.2 Å². The zero-order valence-corrected chi connectivity index (χ0v) is 10.6. The number of halogens is 1. The van der Waals surface area contributed by atoms with E-state index in [4.69, 9.17) is 14.8 Å². The Morgan fingerprint density at radius 2 is 2.05 bits per heavy atom. The van der Waals surface area contributed by atoms with Crippen LogP contribution in [-0.2, 0) is 6.54 Å². The Labute approximate surface area is 115 Å². The third-order valence-electron chi connectivity index (χ3n) is 2.74. The molecule has 20 heavy (non-hydrogen) atoms. The van der Waals surface area contributed by atoms with Gasteiger partial charge in [-0.2, -0.15) is 0 Å². The summed E-state index contributed by atoms with van der Waals surface area (Å²) in [5, 5.41) is 18.3. The molecule has 7 heteroatoms. The first-order chi connectivity index (χ1) is 9.58. The Kier molecular flexibility index (Phi) is 4.55. The van der Waals surface area contributed by atoms with E-state index in [1.54, 1.807) is 18.3 Å². The third kappa shape index (κ3) is 3.46. The van der Waals surface area contributed by atoms with Gasteiger partial charge in [0.2, 0.25) is 0 Å². The van der Waals surface area contributed by atoms with Crippen molar-refractivity contribution in [1.29, 1.82) is 0 Å². The van der Waals surface area contributed by atoms with Gasteiger partial charge in [0.25, 0.3) is 5.56 Å². The Balaban J connectivity index is 2.05. The van der Waals surface area contributed by atoms with Crippen LogP contribution < -0.4 is 15.8 Å². The maximum Gasteiger partial charge on any atom is 0.492 e. The van der Waals surface area contributed by atoms with E-state index in [9.17, 15) is 9.18 Å². The van der Waals surface area contributed by atoms with Crippen LogP contribution in [0.3, 0.4) is 0 Å². The van der Waals surface area contributed by atoms with E-state index in [1.165, 1.54) is 16.7 Å². The summed E-state index contributed by atoms with van der Waals surface area (Å²) >= 11 is 0. The van der Waals surface area contributed by atoms with E-state index < -0.39 is 12.9 Å². The van der Waals surface area contributed by atoms with Gasteiger partial charge < -0.3 is 19.4 Å². The van der Waals surface area contributed by atoms with Gasteiger partial charge in [-0.3, -0.25) is 4.79 Å². The number of nitrogens with zero attached hydrogens (tertiary/aromatic N) is 1. The fraction of sp³-hybridized carbons (Fsp3) is 0.154. The smallest absolute Gasteiger partial charge is 0.492 e. The van der Waals surface area contributed by atoms with Crippen LogP contribution in [0, 0.1) is 5.82 Å². The third-order valence-corrected chi connectivity index (χ3v) is 2.74. The summed E-state index contributed by atoms with van der Waals surface area (Å²) in [6.45, 7) is 0.452. The summed E-state index contributed by atoms with van der Waals surface area (Å²) in [6, 6.07) is 8.27. The Bertz CT molecular complexity index is 644. The van der Waals surface area contributed by atoms with Crippen molar-refractivity contribution >= 4 is 12.6 Å². The molecule has 0 aliphatic rings. The van der Waals surface area contributed by atoms with Crippen LogP contribution >= 0.6 is 0 Å². The van der Waals surface area contributed by atoms with Gasteiger partial charge in [-0.05, 0) is 24.3 Å². The highest BCUT2D eigenvalue weighted by atomic mass is 19.1. The zero-order chi connectivity index (χ0) is 14.5. The predicted molar refractivity (Wildman–Crippen MR) is 72.4 cm³/mol. The van der Waals surface area contributed by atoms with Gasteiger partial charge in [-0.15, -0.1) is 0 Å². The number of rotatable bonds is 5. The van der Waals surface area contributed by atoms with Crippen molar-refractivity contribution in [2.24, 2.45) is 0 Å². The Morgan fingerprint density at radius 1 is 1.25 bits per heavy atom. The lowest BCUT2D eigenvalue weighted by molar-refractivity contribution is 0.296. The van der Waals surface area contributed by atoms with E-state index in [0.29, 0.717) is 6.54 Å². The van der Waals surface area contributed by atoms with Crippen molar-refractivity contribution in [3.05, 3.63) is 58.8 Å². The second-order valence-electron chi connectivity index (χ2n) is 4.14. The molecule has 104 valence electrons. The molecule has 0 aliphatic carbocycles.